The lowest BCUT2D eigenvalue weighted by Crippen LogP contribution is -2.51. The van der Waals surface area contributed by atoms with Crippen LogP contribution in [0.4, 0.5) is 5.69 Å². The van der Waals surface area contributed by atoms with Gasteiger partial charge in [0.05, 0.1) is 13.1 Å². The van der Waals surface area contributed by atoms with Crippen molar-refractivity contribution in [3.05, 3.63) is 29.8 Å². The molecule has 2 rings (SSSR count). The van der Waals surface area contributed by atoms with E-state index in [2.05, 4.69) is 53.3 Å². The predicted molar refractivity (Wildman–Crippen MR) is 110 cm³/mol. The number of benzene rings is 1. The molecule has 0 bridgehead atoms. The maximum atomic E-state index is 12.3. The number of anilines is 1. The van der Waals surface area contributed by atoms with Crippen LogP contribution < -0.4 is 10.6 Å². The average Bonchev–Trinajstić information content (AvgIpc) is 2.63. The van der Waals surface area contributed by atoms with E-state index in [0.29, 0.717) is 19.0 Å². The van der Waals surface area contributed by atoms with Crippen molar-refractivity contribution in [3.8, 4) is 0 Å². The van der Waals surface area contributed by atoms with Crippen molar-refractivity contribution in [2.24, 2.45) is 0 Å². The molecule has 150 valence electrons. The van der Waals surface area contributed by atoms with Gasteiger partial charge in [0.1, 0.15) is 0 Å². The second kappa shape index (κ2) is 10.4. The number of carbonyl (C=O) groups is 2. The van der Waals surface area contributed by atoms with Crippen molar-refractivity contribution in [1.29, 1.82) is 0 Å². The maximum absolute atomic E-state index is 12.3. The van der Waals surface area contributed by atoms with Crippen molar-refractivity contribution >= 4 is 17.5 Å². The van der Waals surface area contributed by atoms with Crippen LogP contribution in [-0.4, -0.2) is 66.9 Å². The molecule has 1 aliphatic rings. The van der Waals surface area contributed by atoms with Crippen LogP contribution in [0.25, 0.3) is 0 Å². The number of rotatable bonds is 8. The Balaban J connectivity index is 1.70. The molecule has 1 atom stereocenters. The van der Waals surface area contributed by atoms with Gasteiger partial charge in [0.2, 0.25) is 11.8 Å². The van der Waals surface area contributed by atoms with Crippen LogP contribution in [0.15, 0.2) is 24.3 Å². The quantitative estimate of drug-likeness (QED) is 0.733. The van der Waals surface area contributed by atoms with Crippen LogP contribution in [0, 0.1) is 0 Å². The van der Waals surface area contributed by atoms with Gasteiger partial charge in [0, 0.05) is 37.9 Å². The van der Waals surface area contributed by atoms with Crippen molar-refractivity contribution in [3.63, 3.8) is 0 Å². The number of carbonyl (C=O) groups excluding carboxylic acids is 2. The molecule has 1 fully saturated rings. The number of hydrogen-bond acceptors (Lipinski definition) is 4. The highest BCUT2D eigenvalue weighted by Gasteiger charge is 2.21. The lowest BCUT2D eigenvalue weighted by Gasteiger charge is -2.34. The third kappa shape index (κ3) is 7.31. The average molecular weight is 375 g/mol. The van der Waals surface area contributed by atoms with Crippen LogP contribution >= 0.6 is 0 Å². The summed E-state index contributed by atoms with van der Waals surface area (Å²) in [5.74, 6) is 0.578. The number of nitrogens with one attached hydrogen (secondary N) is 2. The Morgan fingerprint density at radius 1 is 0.926 bits per heavy atom. The van der Waals surface area contributed by atoms with E-state index < -0.39 is 0 Å². The highest BCUT2D eigenvalue weighted by Crippen LogP contribution is 2.17. The molecule has 6 heteroatoms. The summed E-state index contributed by atoms with van der Waals surface area (Å²) in [7, 11) is 0. The van der Waals surface area contributed by atoms with Gasteiger partial charge in [-0.25, -0.2) is 0 Å². The summed E-state index contributed by atoms with van der Waals surface area (Å²) in [4.78, 5) is 28.6. The Morgan fingerprint density at radius 2 is 1.44 bits per heavy atom. The molecule has 1 unspecified atom stereocenters. The van der Waals surface area contributed by atoms with Crippen molar-refractivity contribution in [1.82, 2.24) is 15.1 Å². The van der Waals surface area contributed by atoms with E-state index in [1.54, 1.807) is 0 Å². The van der Waals surface area contributed by atoms with Gasteiger partial charge in [-0.15, -0.1) is 0 Å². The first kappa shape index (κ1) is 21.4. The summed E-state index contributed by atoms with van der Waals surface area (Å²) in [5, 5.41) is 5.97. The number of piperazine rings is 1. The fourth-order valence-electron chi connectivity index (χ4n) is 3.09. The fourth-order valence-corrected chi connectivity index (χ4v) is 3.09. The molecule has 1 heterocycles. The lowest BCUT2D eigenvalue weighted by atomic mass is 10.0. The Labute approximate surface area is 163 Å². The highest BCUT2D eigenvalue weighted by atomic mass is 16.2. The lowest BCUT2D eigenvalue weighted by molar-refractivity contribution is -0.124. The van der Waals surface area contributed by atoms with Gasteiger partial charge in [-0.05, 0) is 37.0 Å². The van der Waals surface area contributed by atoms with Gasteiger partial charge in [0.25, 0.3) is 0 Å². The van der Waals surface area contributed by atoms with E-state index in [4.69, 9.17) is 0 Å². The predicted octanol–water partition coefficient (Wildman–Crippen LogP) is 2.28. The van der Waals surface area contributed by atoms with Crippen LogP contribution in [0.1, 0.15) is 45.6 Å². The molecule has 0 radical (unpaired) electrons. The maximum Gasteiger partial charge on any atom is 0.238 e. The van der Waals surface area contributed by atoms with Gasteiger partial charge in [-0.1, -0.05) is 32.9 Å². The molecule has 6 nitrogen and oxygen atoms in total. The molecule has 2 N–H and O–H groups in total. The van der Waals surface area contributed by atoms with Crippen molar-refractivity contribution in [2.75, 3.05) is 44.6 Å². The molecular weight excluding hydrogens is 340 g/mol. The minimum atomic E-state index is 0.00950. The fraction of sp³-hybridized carbons (Fsp3) is 0.619. The summed E-state index contributed by atoms with van der Waals surface area (Å²) in [6, 6.07) is 8.26. The van der Waals surface area contributed by atoms with E-state index in [1.807, 2.05) is 19.1 Å². The Hall–Kier alpha value is -1.92. The molecule has 1 aromatic rings. The van der Waals surface area contributed by atoms with Crippen LogP contribution in [-0.2, 0) is 9.59 Å². The molecule has 27 heavy (non-hydrogen) atoms. The molecular formula is C21H34N4O2. The minimum Gasteiger partial charge on any atom is -0.353 e. The van der Waals surface area contributed by atoms with E-state index in [0.717, 1.165) is 38.3 Å². The third-order valence-electron chi connectivity index (χ3n) is 5.08. The first-order chi connectivity index (χ1) is 12.9. The molecule has 1 aromatic carbocycles. The second-order valence-electron chi connectivity index (χ2n) is 7.75. The minimum absolute atomic E-state index is 0.00950. The van der Waals surface area contributed by atoms with Crippen LogP contribution in [0.5, 0.6) is 0 Å². The molecule has 0 spiro atoms. The van der Waals surface area contributed by atoms with E-state index >= 15 is 0 Å². The van der Waals surface area contributed by atoms with Crippen LogP contribution in [0.3, 0.4) is 0 Å². The van der Waals surface area contributed by atoms with E-state index in [-0.39, 0.29) is 17.9 Å². The Bertz CT molecular complexity index is 607. The summed E-state index contributed by atoms with van der Waals surface area (Å²) in [6.07, 6.45) is 0.939. The van der Waals surface area contributed by atoms with Crippen LogP contribution in [0.2, 0.25) is 0 Å². The van der Waals surface area contributed by atoms with Crippen molar-refractivity contribution in [2.45, 2.75) is 46.1 Å². The summed E-state index contributed by atoms with van der Waals surface area (Å²) in [6.45, 7) is 12.4. The SMILES string of the molecule is CCC(C)NC(=O)CN1CCN(CC(=O)Nc2ccc(C(C)C)cc2)CC1. The molecule has 0 saturated carbocycles. The molecule has 2 amide bonds. The smallest absolute Gasteiger partial charge is 0.238 e. The normalized spacial score (nSPS) is 16.9. The van der Waals surface area contributed by atoms with Gasteiger partial charge >= 0.3 is 0 Å². The van der Waals surface area contributed by atoms with E-state index in [1.165, 1.54) is 5.56 Å². The summed E-state index contributed by atoms with van der Waals surface area (Å²) in [5.41, 5.74) is 2.10. The summed E-state index contributed by atoms with van der Waals surface area (Å²) < 4.78 is 0. The third-order valence-corrected chi connectivity index (χ3v) is 5.08. The molecule has 0 aromatic heterocycles. The zero-order valence-electron chi connectivity index (χ0n) is 17.1. The number of nitrogens with zero attached hydrogens (tertiary/aromatic N) is 2. The topological polar surface area (TPSA) is 64.7 Å². The van der Waals surface area contributed by atoms with Gasteiger partial charge < -0.3 is 10.6 Å². The largest absolute Gasteiger partial charge is 0.353 e. The first-order valence-electron chi connectivity index (χ1n) is 10.0. The van der Waals surface area contributed by atoms with Gasteiger partial charge in [0.15, 0.2) is 0 Å². The second-order valence-corrected chi connectivity index (χ2v) is 7.75. The number of hydrogen-bond donors (Lipinski definition) is 2. The standard InChI is InChI=1S/C21H34N4O2/c1-5-17(4)22-20(26)14-24-10-12-25(13-11-24)15-21(27)23-19-8-6-18(7-9-19)16(2)3/h6-9,16-17H,5,10-15H2,1-4H3,(H,22,26)(H,23,27). The zero-order valence-corrected chi connectivity index (χ0v) is 17.1. The zero-order chi connectivity index (χ0) is 19.8. The van der Waals surface area contributed by atoms with Crippen molar-refractivity contribution < 1.29 is 9.59 Å². The highest BCUT2D eigenvalue weighted by molar-refractivity contribution is 5.92. The van der Waals surface area contributed by atoms with E-state index in [9.17, 15) is 9.59 Å². The monoisotopic (exact) mass is 374 g/mol. The first-order valence-corrected chi connectivity index (χ1v) is 10.0. The van der Waals surface area contributed by atoms with Gasteiger partial charge in [-0.3, -0.25) is 19.4 Å². The Kier molecular flexibility index (Phi) is 8.25. The molecule has 0 aliphatic carbocycles. The molecule has 1 aliphatic heterocycles. The molecule has 1 saturated heterocycles. The van der Waals surface area contributed by atoms with Gasteiger partial charge in [-0.2, -0.15) is 0 Å². The number of amides is 2. The summed E-state index contributed by atoms with van der Waals surface area (Å²) >= 11 is 0. The Morgan fingerprint density at radius 3 is 1.93 bits per heavy atom.